The van der Waals surface area contributed by atoms with E-state index in [1.54, 1.807) is 20.3 Å². The Morgan fingerprint density at radius 1 is 0.769 bits per heavy atom. The summed E-state index contributed by atoms with van der Waals surface area (Å²) >= 11 is 0. The molecule has 0 atom stereocenters. The summed E-state index contributed by atoms with van der Waals surface area (Å²) in [6.45, 7) is 4.16. The normalized spacial score (nSPS) is 13.9. The minimum absolute atomic E-state index is 0.188. The number of ether oxygens (including phenoxy) is 2. The molecule has 26 heavy (non-hydrogen) atoms. The van der Waals surface area contributed by atoms with Gasteiger partial charge in [0.25, 0.3) is 0 Å². The van der Waals surface area contributed by atoms with Crippen molar-refractivity contribution in [3.63, 3.8) is 0 Å². The number of hydrogen-bond acceptors (Lipinski definition) is 2. The Morgan fingerprint density at radius 2 is 1.46 bits per heavy atom. The molecule has 0 aromatic heterocycles. The molecule has 0 heterocycles. The second-order valence-corrected chi connectivity index (χ2v) is 7.09. The van der Waals surface area contributed by atoms with Crippen LogP contribution in [0.15, 0.2) is 54.6 Å². The molecule has 0 saturated carbocycles. The first-order valence-electron chi connectivity index (χ1n) is 8.64. The molecule has 0 unspecified atom stereocenters. The minimum atomic E-state index is -0.383. The molecular formula is C23H21FO2. The summed E-state index contributed by atoms with van der Waals surface area (Å²) in [6.07, 6.45) is 0. The Hall–Kier alpha value is -2.81. The second-order valence-electron chi connectivity index (χ2n) is 7.09. The average Bonchev–Trinajstić information content (AvgIpc) is 2.90. The minimum Gasteiger partial charge on any atom is -0.497 e. The van der Waals surface area contributed by atoms with Gasteiger partial charge in [0, 0.05) is 28.2 Å². The van der Waals surface area contributed by atoms with Crippen LogP contribution in [0.25, 0.3) is 22.3 Å². The van der Waals surface area contributed by atoms with E-state index in [1.165, 1.54) is 0 Å². The van der Waals surface area contributed by atoms with E-state index in [0.29, 0.717) is 17.1 Å². The number of benzene rings is 3. The van der Waals surface area contributed by atoms with Crippen LogP contribution in [0.5, 0.6) is 11.5 Å². The van der Waals surface area contributed by atoms with E-state index >= 15 is 4.39 Å². The van der Waals surface area contributed by atoms with Gasteiger partial charge in [-0.05, 0) is 28.8 Å². The topological polar surface area (TPSA) is 18.5 Å². The molecule has 2 nitrogen and oxygen atoms in total. The van der Waals surface area contributed by atoms with Gasteiger partial charge in [-0.25, -0.2) is 4.39 Å². The lowest BCUT2D eigenvalue weighted by Crippen LogP contribution is -2.17. The molecule has 3 aromatic rings. The average molecular weight is 348 g/mol. The molecule has 0 spiro atoms. The third-order valence-corrected chi connectivity index (χ3v) is 5.36. The van der Waals surface area contributed by atoms with Crippen LogP contribution in [-0.4, -0.2) is 14.2 Å². The van der Waals surface area contributed by atoms with Crippen LogP contribution in [0.1, 0.15) is 25.0 Å². The van der Waals surface area contributed by atoms with E-state index in [1.807, 2.05) is 36.4 Å². The zero-order valence-electron chi connectivity index (χ0n) is 15.4. The molecule has 0 amide bonds. The van der Waals surface area contributed by atoms with Gasteiger partial charge < -0.3 is 9.47 Å². The van der Waals surface area contributed by atoms with Crippen LogP contribution < -0.4 is 9.47 Å². The van der Waals surface area contributed by atoms with E-state index in [-0.39, 0.29) is 11.2 Å². The third-order valence-electron chi connectivity index (χ3n) is 5.36. The predicted molar refractivity (Wildman–Crippen MR) is 103 cm³/mol. The molecule has 3 heteroatoms. The van der Waals surface area contributed by atoms with Gasteiger partial charge in [-0.3, -0.25) is 0 Å². The smallest absolute Gasteiger partial charge is 0.135 e. The van der Waals surface area contributed by atoms with E-state index in [9.17, 15) is 0 Å². The van der Waals surface area contributed by atoms with Crippen molar-refractivity contribution in [3.8, 4) is 33.8 Å². The van der Waals surface area contributed by atoms with Crippen LogP contribution in [0.3, 0.4) is 0 Å². The molecule has 4 rings (SSSR count). The Kier molecular flexibility index (Phi) is 3.76. The predicted octanol–water partition coefficient (Wildman–Crippen LogP) is 5.82. The third kappa shape index (κ3) is 2.23. The molecule has 1 aliphatic carbocycles. The fourth-order valence-corrected chi connectivity index (χ4v) is 4.04. The monoisotopic (exact) mass is 348 g/mol. The number of rotatable bonds is 3. The van der Waals surface area contributed by atoms with E-state index in [4.69, 9.17) is 9.47 Å². The Labute approximate surface area is 153 Å². The zero-order valence-corrected chi connectivity index (χ0v) is 15.4. The SMILES string of the molecule is COc1ccc(-c2ccc3c(c2F)C(C)(C)c2ccccc2-3)c(OC)c1. The summed E-state index contributed by atoms with van der Waals surface area (Å²) in [5.41, 5.74) is 4.87. The Balaban J connectivity index is 1.95. The van der Waals surface area contributed by atoms with Gasteiger partial charge in [-0.2, -0.15) is 0 Å². The van der Waals surface area contributed by atoms with Crippen LogP contribution in [0.4, 0.5) is 4.39 Å². The van der Waals surface area contributed by atoms with Gasteiger partial charge in [0.15, 0.2) is 0 Å². The lowest BCUT2D eigenvalue weighted by Gasteiger charge is -2.23. The van der Waals surface area contributed by atoms with Crippen molar-refractivity contribution < 1.29 is 13.9 Å². The van der Waals surface area contributed by atoms with Gasteiger partial charge in [-0.15, -0.1) is 0 Å². The molecule has 0 bridgehead atoms. The van der Waals surface area contributed by atoms with Crippen molar-refractivity contribution in [2.45, 2.75) is 19.3 Å². The molecule has 0 saturated heterocycles. The first-order valence-corrected chi connectivity index (χ1v) is 8.64. The first kappa shape index (κ1) is 16.6. The Morgan fingerprint density at radius 3 is 2.19 bits per heavy atom. The first-order chi connectivity index (χ1) is 12.5. The van der Waals surface area contributed by atoms with Gasteiger partial charge >= 0.3 is 0 Å². The van der Waals surface area contributed by atoms with Gasteiger partial charge in [-0.1, -0.05) is 50.2 Å². The van der Waals surface area contributed by atoms with Crippen molar-refractivity contribution in [1.29, 1.82) is 0 Å². The highest BCUT2D eigenvalue weighted by atomic mass is 19.1. The van der Waals surface area contributed by atoms with Crippen molar-refractivity contribution in [2.24, 2.45) is 0 Å². The van der Waals surface area contributed by atoms with Crippen LogP contribution in [0, 0.1) is 5.82 Å². The molecule has 0 N–H and O–H groups in total. The second kappa shape index (κ2) is 5.87. The number of methoxy groups -OCH3 is 2. The fourth-order valence-electron chi connectivity index (χ4n) is 4.04. The lowest BCUT2D eigenvalue weighted by atomic mass is 9.81. The summed E-state index contributed by atoms with van der Waals surface area (Å²) in [6, 6.07) is 17.5. The van der Waals surface area contributed by atoms with E-state index < -0.39 is 0 Å². The summed E-state index contributed by atoms with van der Waals surface area (Å²) in [7, 11) is 3.19. The lowest BCUT2D eigenvalue weighted by molar-refractivity contribution is 0.395. The number of hydrogen-bond donors (Lipinski definition) is 0. The van der Waals surface area contributed by atoms with Gasteiger partial charge in [0.05, 0.1) is 14.2 Å². The molecule has 1 aliphatic rings. The van der Waals surface area contributed by atoms with Crippen LogP contribution in [-0.2, 0) is 5.41 Å². The highest BCUT2D eigenvalue weighted by Gasteiger charge is 2.38. The van der Waals surface area contributed by atoms with Crippen molar-refractivity contribution in [3.05, 3.63) is 71.5 Å². The zero-order chi connectivity index (χ0) is 18.5. The maximum atomic E-state index is 15.7. The van der Waals surface area contributed by atoms with Crippen molar-refractivity contribution in [2.75, 3.05) is 14.2 Å². The van der Waals surface area contributed by atoms with E-state index in [0.717, 1.165) is 27.8 Å². The quantitative estimate of drug-likeness (QED) is 0.594. The number of halogens is 1. The fraction of sp³-hybridized carbons (Fsp3) is 0.217. The summed E-state index contributed by atoms with van der Waals surface area (Å²) in [5.74, 6) is 1.09. The molecule has 0 radical (unpaired) electrons. The maximum Gasteiger partial charge on any atom is 0.135 e. The maximum absolute atomic E-state index is 15.7. The van der Waals surface area contributed by atoms with Crippen LogP contribution >= 0.6 is 0 Å². The van der Waals surface area contributed by atoms with E-state index in [2.05, 4.69) is 26.0 Å². The van der Waals surface area contributed by atoms with Crippen molar-refractivity contribution >= 4 is 0 Å². The van der Waals surface area contributed by atoms with Gasteiger partial charge in [0.1, 0.15) is 17.3 Å². The summed E-state index contributed by atoms with van der Waals surface area (Å²) in [4.78, 5) is 0. The standard InChI is InChI=1S/C23H21FO2/c1-23(2)19-8-6-5-7-15(19)17-11-12-18(22(24)21(17)23)16-10-9-14(25-3)13-20(16)26-4/h5-13H,1-4H3. The summed E-state index contributed by atoms with van der Waals surface area (Å²) < 4.78 is 26.5. The summed E-state index contributed by atoms with van der Waals surface area (Å²) in [5, 5.41) is 0. The van der Waals surface area contributed by atoms with Crippen LogP contribution in [0.2, 0.25) is 0 Å². The number of fused-ring (bicyclic) bond motifs is 3. The molecule has 3 aromatic carbocycles. The van der Waals surface area contributed by atoms with Crippen molar-refractivity contribution in [1.82, 2.24) is 0 Å². The molecule has 0 fully saturated rings. The highest BCUT2D eigenvalue weighted by molar-refractivity contribution is 5.85. The molecule has 0 aliphatic heterocycles. The molecular weight excluding hydrogens is 327 g/mol. The Bertz CT molecular complexity index is 1010. The highest BCUT2D eigenvalue weighted by Crippen LogP contribution is 2.51. The largest absolute Gasteiger partial charge is 0.497 e. The van der Waals surface area contributed by atoms with Gasteiger partial charge in [0.2, 0.25) is 0 Å². The molecule has 132 valence electrons.